The van der Waals surface area contributed by atoms with Gasteiger partial charge in [0.15, 0.2) is 0 Å². The molecule has 0 radical (unpaired) electrons. The van der Waals surface area contributed by atoms with Gasteiger partial charge in [-0.05, 0) is 60.4 Å². The van der Waals surface area contributed by atoms with Crippen LogP contribution in [-0.2, 0) is 22.6 Å². The smallest absolute Gasteiger partial charge is 0.224 e. The first-order valence-electron chi connectivity index (χ1n) is 10.1. The van der Waals surface area contributed by atoms with Crippen LogP contribution in [0.25, 0.3) is 0 Å². The molecule has 0 saturated heterocycles. The van der Waals surface area contributed by atoms with Crippen LogP contribution in [0.4, 0.5) is 11.4 Å². The van der Waals surface area contributed by atoms with Crippen molar-refractivity contribution in [3.63, 3.8) is 0 Å². The lowest BCUT2D eigenvalue weighted by Crippen LogP contribution is -2.18. The second kappa shape index (κ2) is 9.26. The van der Waals surface area contributed by atoms with Crippen LogP contribution in [0.3, 0.4) is 0 Å². The van der Waals surface area contributed by atoms with Crippen LogP contribution < -0.4 is 15.4 Å². The lowest BCUT2D eigenvalue weighted by molar-refractivity contribution is -0.117. The SMILES string of the molecule is O=C(CCCOc1ccc2c(c1)CCC(=O)N2)Nc1ccc(Cn2cccn2)cc1. The molecule has 2 heterocycles. The molecule has 3 aromatic rings. The van der Waals surface area contributed by atoms with Crippen molar-refractivity contribution in [2.24, 2.45) is 0 Å². The van der Waals surface area contributed by atoms with Crippen LogP contribution in [0.2, 0.25) is 0 Å². The quantitative estimate of drug-likeness (QED) is 0.562. The third-order valence-corrected chi connectivity index (χ3v) is 4.93. The van der Waals surface area contributed by atoms with Gasteiger partial charge in [0.2, 0.25) is 11.8 Å². The average Bonchev–Trinajstić information content (AvgIpc) is 3.26. The fraction of sp³-hybridized carbons (Fsp3) is 0.261. The van der Waals surface area contributed by atoms with Crippen molar-refractivity contribution < 1.29 is 14.3 Å². The number of aromatic nitrogens is 2. The van der Waals surface area contributed by atoms with Crippen LogP contribution in [0.5, 0.6) is 5.75 Å². The maximum atomic E-state index is 12.2. The largest absolute Gasteiger partial charge is 0.494 e. The molecule has 4 rings (SSSR count). The van der Waals surface area contributed by atoms with Gasteiger partial charge in [-0.3, -0.25) is 14.3 Å². The molecule has 154 valence electrons. The fourth-order valence-electron chi connectivity index (χ4n) is 3.37. The maximum Gasteiger partial charge on any atom is 0.224 e. The van der Waals surface area contributed by atoms with Crippen LogP contribution in [0.15, 0.2) is 60.9 Å². The number of carbonyl (C=O) groups excluding carboxylic acids is 2. The lowest BCUT2D eigenvalue weighted by Gasteiger charge is -2.17. The summed E-state index contributed by atoms with van der Waals surface area (Å²) < 4.78 is 7.62. The topological polar surface area (TPSA) is 85.3 Å². The number of nitrogens with zero attached hydrogens (tertiary/aromatic N) is 2. The summed E-state index contributed by atoms with van der Waals surface area (Å²) >= 11 is 0. The van der Waals surface area contributed by atoms with Crippen molar-refractivity contribution in [2.75, 3.05) is 17.2 Å². The number of amides is 2. The number of hydrogen-bond donors (Lipinski definition) is 2. The van der Waals surface area contributed by atoms with Crippen LogP contribution in [0.1, 0.15) is 30.4 Å². The molecule has 2 amide bonds. The Hall–Kier alpha value is -3.61. The number of ether oxygens (including phenoxy) is 1. The van der Waals surface area contributed by atoms with Gasteiger partial charge in [-0.15, -0.1) is 0 Å². The molecule has 0 saturated carbocycles. The standard InChI is InChI=1S/C23H24N4O3/c28-22(25-19-7-4-17(5-8-19)16-27-13-2-12-24-27)3-1-14-30-20-9-10-21-18(15-20)6-11-23(29)26-21/h2,4-5,7-10,12-13,15H,1,3,6,11,14,16H2,(H,25,28)(H,26,29). The molecule has 2 N–H and O–H groups in total. The highest BCUT2D eigenvalue weighted by Gasteiger charge is 2.15. The Morgan fingerprint density at radius 3 is 2.83 bits per heavy atom. The second-order valence-corrected chi connectivity index (χ2v) is 7.27. The van der Waals surface area contributed by atoms with Gasteiger partial charge in [0.1, 0.15) is 5.75 Å². The highest BCUT2D eigenvalue weighted by atomic mass is 16.5. The molecule has 0 aliphatic carbocycles. The number of carbonyl (C=O) groups is 2. The van der Waals surface area contributed by atoms with Gasteiger partial charge in [0, 0.05) is 36.6 Å². The molecule has 2 aromatic carbocycles. The van der Waals surface area contributed by atoms with E-state index in [1.165, 1.54) is 0 Å². The van der Waals surface area contributed by atoms with Crippen molar-refractivity contribution in [3.05, 3.63) is 72.1 Å². The van der Waals surface area contributed by atoms with E-state index in [4.69, 9.17) is 4.74 Å². The second-order valence-electron chi connectivity index (χ2n) is 7.27. The van der Waals surface area contributed by atoms with E-state index in [0.29, 0.717) is 32.4 Å². The first-order valence-corrected chi connectivity index (χ1v) is 10.1. The van der Waals surface area contributed by atoms with Gasteiger partial charge in [-0.1, -0.05) is 12.1 Å². The molecule has 7 heteroatoms. The molecular formula is C23H24N4O3. The van der Waals surface area contributed by atoms with Crippen molar-refractivity contribution in [2.45, 2.75) is 32.2 Å². The third-order valence-electron chi connectivity index (χ3n) is 4.93. The van der Waals surface area contributed by atoms with Crippen molar-refractivity contribution >= 4 is 23.2 Å². The zero-order valence-corrected chi connectivity index (χ0v) is 16.6. The number of rotatable bonds is 8. The van der Waals surface area contributed by atoms with Crippen molar-refractivity contribution in [3.8, 4) is 5.75 Å². The summed E-state index contributed by atoms with van der Waals surface area (Å²) in [4.78, 5) is 23.6. The Labute approximate surface area is 175 Å². The van der Waals surface area contributed by atoms with Crippen LogP contribution >= 0.6 is 0 Å². The normalized spacial score (nSPS) is 12.7. The molecule has 0 spiro atoms. The Morgan fingerprint density at radius 2 is 2.03 bits per heavy atom. The Balaban J connectivity index is 1.18. The zero-order valence-electron chi connectivity index (χ0n) is 16.6. The molecule has 0 bridgehead atoms. The molecular weight excluding hydrogens is 380 g/mol. The van der Waals surface area contributed by atoms with E-state index in [2.05, 4.69) is 15.7 Å². The lowest BCUT2D eigenvalue weighted by atomic mass is 10.0. The summed E-state index contributed by atoms with van der Waals surface area (Å²) in [5.74, 6) is 0.777. The predicted molar refractivity (Wildman–Crippen MR) is 115 cm³/mol. The molecule has 1 aromatic heterocycles. The molecule has 1 aliphatic rings. The highest BCUT2D eigenvalue weighted by Crippen LogP contribution is 2.26. The van der Waals surface area contributed by atoms with E-state index in [0.717, 1.165) is 34.7 Å². The summed E-state index contributed by atoms with van der Waals surface area (Å²) in [5.41, 5.74) is 3.84. The summed E-state index contributed by atoms with van der Waals surface area (Å²) in [7, 11) is 0. The summed E-state index contributed by atoms with van der Waals surface area (Å²) in [6.07, 6.45) is 5.90. The molecule has 1 aliphatic heterocycles. The van der Waals surface area contributed by atoms with E-state index < -0.39 is 0 Å². The minimum Gasteiger partial charge on any atom is -0.494 e. The average molecular weight is 404 g/mol. The summed E-state index contributed by atoms with van der Waals surface area (Å²) in [5, 5.41) is 9.96. The molecule has 7 nitrogen and oxygen atoms in total. The van der Waals surface area contributed by atoms with E-state index in [9.17, 15) is 9.59 Å². The fourth-order valence-corrected chi connectivity index (χ4v) is 3.37. The highest BCUT2D eigenvalue weighted by molar-refractivity contribution is 5.94. The van der Waals surface area contributed by atoms with E-state index in [1.54, 1.807) is 6.20 Å². The van der Waals surface area contributed by atoms with Gasteiger partial charge in [0.25, 0.3) is 0 Å². The third kappa shape index (κ3) is 5.26. The zero-order chi connectivity index (χ0) is 20.8. The number of benzene rings is 2. The first-order chi connectivity index (χ1) is 14.7. The molecule has 0 fully saturated rings. The van der Waals surface area contributed by atoms with Gasteiger partial charge in [0.05, 0.1) is 13.2 Å². The monoisotopic (exact) mass is 404 g/mol. The number of anilines is 2. The van der Waals surface area contributed by atoms with Gasteiger partial charge >= 0.3 is 0 Å². The van der Waals surface area contributed by atoms with E-state index in [-0.39, 0.29) is 11.8 Å². The predicted octanol–water partition coefficient (Wildman–Crippen LogP) is 3.61. The summed E-state index contributed by atoms with van der Waals surface area (Å²) in [6, 6.07) is 15.3. The molecule has 30 heavy (non-hydrogen) atoms. The Bertz CT molecular complexity index is 1010. The van der Waals surface area contributed by atoms with Crippen molar-refractivity contribution in [1.29, 1.82) is 0 Å². The van der Waals surface area contributed by atoms with Gasteiger partial charge < -0.3 is 15.4 Å². The minimum absolute atomic E-state index is 0.0356. The molecule has 0 atom stereocenters. The Kier molecular flexibility index (Phi) is 6.08. The first kappa shape index (κ1) is 19.7. The number of nitrogens with one attached hydrogen (secondary N) is 2. The molecule has 0 unspecified atom stereocenters. The Morgan fingerprint density at radius 1 is 1.17 bits per heavy atom. The number of hydrogen-bond acceptors (Lipinski definition) is 4. The van der Waals surface area contributed by atoms with Gasteiger partial charge in [-0.2, -0.15) is 5.10 Å². The number of aryl methyl sites for hydroxylation is 1. The van der Waals surface area contributed by atoms with Crippen LogP contribution in [0, 0.1) is 0 Å². The minimum atomic E-state index is -0.0356. The van der Waals surface area contributed by atoms with Crippen LogP contribution in [-0.4, -0.2) is 28.2 Å². The van der Waals surface area contributed by atoms with Gasteiger partial charge in [-0.25, -0.2) is 0 Å². The van der Waals surface area contributed by atoms with E-state index in [1.807, 2.05) is 59.4 Å². The summed E-state index contributed by atoms with van der Waals surface area (Å²) in [6.45, 7) is 1.16. The maximum absolute atomic E-state index is 12.2. The van der Waals surface area contributed by atoms with Crippen molar-refractivity contribution in [1.82, 2.24) is 9.78 Å². The number of fused-ring (bicyclic) bond motifs is 1. The van der Waals surface area contributed by atoms with E-state index >= 15 is 0 Å².